The summed E-state index contributed by atoms with van der Waals surface area (Å²) in [6.07, 6.45) is 4.87. The first-order chi connectivity index (χ1) is 6.58. The van der Waals surface area contributed by atoms with Gasteiger partial charge in [0.25, 0.3) is 0 Å². The maximum absolute atomic E-state index is 8.74. The van der Waals surface area contributed by atoms with Gasteiger partial charge in [-0.3, -0.25) is 0 Å². The van der Waals surface area contributed by atoms with Crippen molar-refractivity contribution in [2.75, 3.05) is 0 Å². The average Bonchev–Trinajstić information content (AvgIpc) is 2.68. The second kappa shape index (κ2) is 2.90. The molecule has 0 radical (unpaired) electrons. The predicted molar refractivity (Wildman–Crippen MR) is 56.8 cm³/mol. The molecule has 0 heterocycles. The zero-order valence-corrected chi connectivity index (χ0v) is 9.32. The quantitative estimate of drug-likeness (QED) is 0.363. The van der Waals surface area contributed by atoms with Gasteiger partial charge < -0.3 is 0 Å². The summed E-state index contributed by atoms with van der Waals surface area (Å²) in [6, 6.07) is 0. The second-order valence-corrected chi connectivity index (χ2v) is 5.40. The maximum atomic E-state index is 8.74. The van der Waals surface area contributed by atoms with Crippen LogP contribution in [0.2, 0.25) is 0 Å². The normalized spacial score (nSPS) is 43.6. The fourth-order valence-electron chi connectivity index (χ4n) is 4.06. The highest BCUT2D eigenvalue weighted by Gasteiger charge is 2.61. The summed E-state index contributed by atoms with van der Waals surface area (Å²) in [4.78, 5) is 3.10. The molecule has 2 saturated carbocycles. The van der Waals surface area contributed by atoms with Gasteiger partial charge in [0.1, 0.15) is 0 Å². The van der Waals surface area contributed by atoms with Gasteiger partial charge in [0, 0.05) is 4.91 Å². The molecule has 0 spiro atoms. The standard InChI is InChI=1S/C11H19N3/c1-4-11(13-14-12)9-6-5-8(7-9)10(11,2)3/h8-9H,4-7H2,1-3H3. The van der Waals surface area contributed by atoms with E-state index in [1.807, 2.05) is 0 Å². The van der Waals surface area contributed by atoms with Gasteiger partial charge >= 0.3 is 0 Å². The van der Waals surface area contributed by atoms with Crippen LogP contribution in [-0.2, 0) is 0 Å². The zero-order valence-electron chi connectivity index (χ0n) is 9.32. The Morgan fingerprint density at radius 3 is 2.43 bits per heavy atom. The van der Waals surface area contributed by atoms with Gasteiger partial charge in [0.15, 0.2) is 0 Å². The van der Waals surface area contributed by atoms with Crippen LogP contribution in [0.4, 0.5) is 0 Å². The number of hydrogen-bond donors (Lipinski definition) is 0. The Morgan fingerprint density at radius 2 is 2.00 bits per heavy atom. The molecule has 3 unspecified atom stereocenters. The lowest BCUT2D eigenvalue weighted by Gasteiger charge is -2.46. The van der Waals surface area contributed by atoms with Crippen molar-refractivity contribution in [1.82, 2.24) is 0 Å². The minimum Gasteiger partial charge on any atom is -0.0864 e. The van der Waals surface area contributed by atoms with Crippen LogP contribution >= 0.6 is 0 Å². The first kappa shape index (κ1) is 9.85. The van der Waals surface area contributed by atoms with E-state index >= 15 is 0 Å². The Morgan fingerprint density at radius 1 is 1.36 bits per heavy atom. The molecule has 0 aliphatic heterocycles. The Hall–Kier alpha value is -0.690. The van der Waals surface area contributed by atoms with Crippen molar-refractivity contribution in [3.63, 3.8) is 0 Å². The number of fused-ring (bicyclic) bond motifs is 2. The van der Waals surface area contributed by atoms with E-state index in [2.05, 4.69) is 30.8 Å². The molecular weight excluding hydrogens is 174 g/mol. The highest BCUT2D eigenvalue weighted by molar-refractivity contribution is 5.15. The van der Waals surface area contributed by atoms with Crippen LogP contribution in [0.25, 0.3) is 10.4 Å². The Kier molecular flexibility index (Phi) is 2.04. The molecule has 78 valence electrons. The van der Waals surface area contributed by atoms with Gasteiger partial charge in [-0.2, -0.15) is 0 Å². The van der Waals surface area contributed by atoms with Crippen molar-refractivity contribution >= 4 is 0 Å². The molecule has 0 aromatic heterocycles. The van der Waals surface area contributed by atoms with Crippen LogP contribution in [0.5, 0.6) is 0 Å². The highest BCUT2D eigenvalue weighted by Crippen LogP contribution is 2.64. The van der Waals surface area contributed by atoms with Crippen LogP contribution in [-0.4, -0.2) is 5.54 Å². The summed E-state index contributed by atoms with van der Waals surface area (Å²) < 4.78 is 0. The first-order valence-electron chi connectivity index (χ1n) is 5.64. The largest absolute Gasteiger partial charge is 0.0864 e. The van der Waals surface area contributed by atoms with E-state index in [0.717, 1.165) is 12.3 Å². The molecule has 2 aliphatic carbocycles. The molecule has 0 N–H and O–H groups in total. The van der Waals surface area contributed by atoms with Crippen molar-refractivity contribution in [3.05, 3.63) is 10.4 Å². The van der Waals surface area contributed by atoms with E-state index in [0.29, 0.717) is 5.92 Å². The van der Waals surface area contributed by atoms with Gasteiger partial charge in [-0.15, -0.1) is 0 Å². The molecule has 3 atom stereocenters. The SMILES string of the molecule is CCC1(N=[N+]=[N-])C2CCC(C2)C1(C)C. The number of hydrogen-bond acceptors (Lipinski definition) is 1. The summed E-state index contributed by atoms with van der Waals surface area (Å²) in [5.41, 5.74) is 8.85. The molecule has 2 fully saturated rings. The summed E-state index contributed by atoms with van der Waals surface area (Å²) in [6.45, 7) is 6.74. The van der Waals surface area contributed by atoms with Crippen molar-refractivity contribution < 1.29 is 0 Å². The third kappa shape index (κ3) is 0.912. The summed E-state index contributed by atoms with van der Waals surface area (Å²) in [5, 5.41) is 4.19. The van der Waals surface area contributed by atoms with Gasteiger partial charge in [0.2, 0.25) is 0 Å². The van der Waals surface area contributed by atoms with E-state index in [-0.39, 0.29) is 11.0 Å². The summed E-state index contributed by atoms with van der Waals surface area (Å²) in [5.74, 6) is 1.42. The van der Waals surface area contributed by atoms with Crippen molar-refractivity contribution in [2.24, 2.45) is 22.4 Å². The fraction of sp³-hybridized carbons (Fsp3) is 1.00. The lowest BCUT2D eigenvalue weighted by molar-refractivity contribution is 0.0825. The molecular formula is C11H19N3. The number of nitrogens with zero attached hydrogens (tertiary/aromatic N) is 3. The van der Waals surface area contributed by atoms with Crippen LogP contribution < -0.4 is 0 Å². The Labute approximate surface area is 85.5 Å². The first-order valence-corrected chi connectivity index (χ1v) is 5.64. The lowest BCUT2D eigenvalue weighted by atomic mass is 9.62. The maximum Gasteiger partial charge on any atom is 0.0567 e. The minimum absolute atomic E-state index is 0.0926. The highest BCUT2D eigenvalue weighted by atomic mass is 15.2. The van der Waals surface area contributed by atoms with Gasteiger partial charge in [-0.05, 0) is 48.5 Å². The lowest BCUT2D eigenvalue weighted by Crippen LogP contribution is -2.47. The third-order valence-corrected chi connectivity index (χ3v) is 5.01. The molecule has 2 rings (SSSR count). The van der Waals surface area contributed by atoms with Crippen LogP contribution in [0.15, 0.2) is 5.11 Å². The van der Waals surface area contributed by atoms with Crippen molar-refractivity contribution in [1.29, 1.82) is 0 Å². The predicted octanol–water partition coefficient (Wildman–Crippen LogP) is 3.90. The minimum atomic E-state index is -0.0926. The second-order valence-electron chi connectivity index (χ2n) is 5.40. The summed E-state index contributed by atoms with van der Waals surface area (Å²) in [7, 11) is 0. The smallest absolute Gasteiger partial charge is 0.0567 e. The summed E-state index contributed by atoms with van der Waals surface area (Å²) >= 11 is 0. The van der Waals surface area contributed by atoms with E-state index < -0.39 is 0 Å². The van der Waals surface area contributed by atoms with E-state index in [1.165, 1.54) is 19.3 Å². The Bertz CT molecular complexity index is 291. The van der Waals surface area contributed by atoms with Gasteiger partial charge in [-0.25, -0.2) is 0 Å². The average molecular weight is 193 g/mol. The topological polar surface area (TPSA) is 48.8 Å². The molecule has 3 heteroatoms. The van der Waals surface area contributed by atoms with Gasteiger partial charge in [0.05, 0.1) is 5.54 Å². The number of azide groups is 1. The van der Waals surface area contributed by atoms with E-state index in [9.17, 15) is 0 Å². The Balaban J connectivity index is 2.46. The molecule has 2 aliphatic rings. The van der Waals surface area contributed by atoms with E-state index in [1.54, 1.807) is 0 Å². The van der Waals surface area contributed by atoms with Crippen LogP contribution in [0, 0.1) is 17.3 Å². The molecule has 3 nitrogen and oxygen atoms in total. The molecule has 0 saturated heterocycles. The monoisotopic (exact) mass is 193 g/mol. The van der Waals surface area contributed by atoms with Crippen molar-refractivity contribution in [2.45, 2.75) is 52.0 Å². The fourth-order valence-corrected chi connectivity index (χ4v) is 4.06. The zero-order chi connectivity index (χ0) is 10.4. The van der Waals surface area contributed by atoms with Crippen LogP contribution in [0.1, 0.15) is 46.5 Å². The van der Waals surface area contributed by atoms with E-state index in [4.69, 9.17) is 5.53 Å². The molecule has 2 bridgehead atoms. The molecule has 0 aromatic carbocycles. The molecule has 0 amide bonds. The molecule has 0 aromatic rings. The van der Waals surface area contributed by atoms with Crippen molar-refractivity contribution in [3.8, 4) is 0 Å². The van der Waals surface area contributed by atoms with Gasteiger partial charge in [-0.1, -0.05) is 25.9 Å². The molecule has 14 heavy (non-hydrogen) atoms. The number of rotatable bonds is 2. The third-order valence-electron chi connectivity index (χ3n) is 5.01. The van der Waals surface area contributed by atoms with Crippen LogP contribution in [0.3, 0.4) is 0 Å².